The number of carbonyl (C=O) groups excluding carboxylic acids is 1. The first-order valence-electron chi connectivity index (χ1n) is 5.45. The highest BCUT2D eigenvalue weighted by atomic mass is 35.5. The Bertz CT molecular complexity index is 602. The fourth-order valence-electron chi connectivity index (χ4n) is 1.39. The van der Waals surface area contributed by atoms with Crippen molar-refractivity contribution >= 4 is 34.7 Å². The number of anilines is 1. The number of rotatable bonds is 3. The van der Waals surface area contributed by atoms with Crippen LogP contribution >= 0.6 is 22.9 Å². The number of aryl methyl sites for hydroxylation is 1. The van der Waals surface area contributed by atoms with Crippen molar-refractivity contribution < 1.29 is 9.18 Å². The summed E-state index contributed by atoms with van der Waals surface area (Å²) in [7, 11) is 0. The van der Waals surface area contributed by atoms with Gasteiger partial charge in [0.25, 0.3) is 0 Å². The largest absolute Gasteiger partial charge is 0.331 e. The zero-order valence-corrected chi connectivity index (χ0v) is 11.6. The summed E-state index contributed by atoms with van der Waals surface area (Å²) in [6.07, 6.45) is 0. The summed E-state index contributed by atoms with van der Waals surface area (Å²) < 4.78 is 12.9. The van der Waals surface area contributed by atoms with Gasteiger partial charge in [0.1, 0.15) is 10.8 Å². The Balaban J connectivity index is 1.88. The normalized spacial score (nSPS) is 10.3. The van der Waals surface area contributed by atoms with Crippen molar-refractivity contribution in [2.45, 2.75) is 13.5 Å². The van der Waals surface area contributed by atoms with Crippen LogP contribution in [0.5, 0.6) is 0 Å². The lowest BCUT2D eigenvalue weighted by Gasteiger charge is -2.06. The molecule has 0 unspecified atom stereocenters. The second-order valence-electron chi connectivity index (χ2n) is 3.82. The van der Waals surface area contributed by atoms with Crippen LogP contribution in [0.15, 0.2) is 23.6 Å². The maximum atomic E-state index is 12.9. The third-order valence-electron chi connectivity index (χ3n) is 2.24. The molecule has 0 saturated heterocycles. The van der Waals surface area contributed by atoms with E-state index in [-0.39, 0.29) is 5.02 Å². The minimum absolute atomic E-state index is 0.0339. The molecule has 0 atom stereocenters. The van der Waals surface area contributed by atoms with E-state index in [0.717, 1.165) is 10.7 Å². The van der Waals surface area contributed by atoms with Gasteiger partial charge in [-0.05, 0) is 25.1 Å². The molecule has 1 aromatic heterocycles. The van der Waals surface area contributed by atoms with E-state index in [1.54, 1.807) is 0 Å². The highest BCUT2D eigenvalue weighted by molar-refractivity contribution is 7.09. The second kappa shape index (κ2) is 5.99. The fourth-order valence-corrected chi connectivity index (χ4v) is 2.28. The first-order chi connectivity index (χ1) is 9.04. The number of nitrogens with one attached hydrogen (secondary N) is 2. The molecule has 2 amide bonds. The number of urea groups is 1. The van der Waals surface area contributed by atoms with E-state index in [1.165, 1.54) is 29.5 Å². The molecule has 0 aliphatic heterocycles. The molecule has 100 valence electrons. The zero-order valence-electron chi connectivity index (χ0n) is 10.0. The molecule has 0 spiro atoms. The molecular formula is C12H11ClFN3OS. The third kappa shape index (κ3) is 3.90. The van der Waals surface area contributed by atoms with Gasteiger partial charge in [0.2, 0.25) is 0 Å². The fraction of sp³-hybridized carbons (Fsp3) is 0.167. The first kappa shape index (κ1) is 13.8. The topological polar surface area (TPSA) is 54.0 Å². The molecule has 0 saturated carbocycles. The second-order valence-corrected chi connectivity index (χ2v) is 5.17. The summed E-state index contributed by atoms with van der Waals surface area (Å²) in [4.78, 5) is 15.8. The Morgan fingerprint density at radius 1 is 1.53 bits per heavy atom. The van der Waals surface area contributed by atoms with Gasteiger partial charge in [-0.3, -0.25) is 0 Å². The minimum atomic E-state index is -0.522. The van der Waals surface area contributed by atoms with Crippen LogP contribution in [0.4, 0.5) is 14.9 Å². The molecule has 0 bridgehead atoms. The van der Waals surface area contributed by atoms with E-state index in [1.807, 2.05) is 12.3 Å². The average Bonchev–Trinajstić information content (AvgIpc) is 2.77. The van der Waals surface area contributed by atoms with Crippen molar-refractivity contribution in [3.05, 3.63) is 45.1 Å². The van der Waals surface area contributed by atoms with E-state index >= 15 is 0 Å². The molecule has 19 heavy (non-hydrogen) atoms. The SMILES string of the molecule is Cc1csc(CNC(=O)Nc2ccc(F)c(Cl)c2)n1. The number of nitrogens with zero attached hydrogens (tertiary/aromatic N) is 1. The Hall–Kier alpha value is -1.66. The van der Waals surface area contributed by atoms with Crippen molar-refractivity contribution in [3.8, 4) is 0 Å². The first-order valence-corrected chi connectivity index (χ1v) is 6.71. The molecule has 4 nitrogen and oxygen atoms in total. The van der Waals surface area contributed by atoms with E-state index in [9.17, 15) is 9.18 Å². The molecule has 0 aliphatic carbocycles. The maximum Gasteiger partial charge on any atom is 0.319 e. The molecule has 1 aromatic carbocycles. The average molecular weight is 300 g/mol. The van der Waals surface area contributed by atoms with Crippen LogP contribution in [0.2, 0.25) is 5.02 Å². The van der Waals surface area contributed by atoms with Crippen molar-refractivity contribution in [3.63, 3.8) is 0 Å². The van der Waals surface area contributed by atoms with E-state index in [0.29, 0.717) is 12.2 Å². The molecule has 1 heterocycles. The van der Waals surface area contributed by atoms with Gasteiger partial charge in [-0.15, -0.1) is 11.3 Å². The van der Waals surface area contributed by atoms with Gasteiger partial charge in [-0.2, -0.15) is 0 Å². The lowest BCUT2D eigenvalue weighted by Crippen LogP contribution is -2.28. The van der Waals surface area contributed by atoms with Crippen LogP contribution in [0, 0.1) is 12.7 Å². The van der Waals surface area contributed by atoms with Crippen LogP contribution in [0.3, 0.4) is 0 Å². The summed E-state index contributed by atoms with van der Waals surface area (Å²) >= 11 is 7.10. The summed E-state index contributed by atoms with van der Waals surface area (Å²) in [5.74, 6) is -0.522. The van der Waals surface area contributed by atoms with Crippen LogP contribution in [-0.2, 0) is 6.54 Å². The molecule has 0 radical (unpaired) electrons. The quantitative estimate of drug-likeness (QED) is 0.910. The molecule has 7 heteroatoms. The number of aromatic nitrogens is 1. The Morgan fingerprint density at radius 3 is 2.95 bits per heavy atom. The van der Waals surface area contributed by atoms with Gasteiger partial charge in [0.05, 0.1) is 11.6 Å². The molecule has 0 aliphatic rings. The predicted molar refractivity (Wildman–Crippen MR) is 74.1 cm³/mol. The van der Waals surface area contributed by atoms with Gasteiger partial charge in [0, 0.05) is 16.8 Å². The van der Waals surface area contributed by atoms with E-state index < -0.39 is 11.8 Å². The standard InChI is InChI=1S/C12H11ClFN3OS/c1-7-6-19-11(16-7)5-15-12(18)17-8-2-3-10(14)9(13)4-8/h2-4,6H,5H2,1H3,(H2,15,17,18). The van der Waals surface area contributed by atoms with Crippen LogP contribution in [-0.4, -0.2) is 11.0 Å². The number of hydrogen-bond donors (Lipinski definition) is 2. The van der Waals surface area contributed by atoms with Gasteiger partial charge in [0.15, 0.2) is 0 Å². The summed E-state index contributed by atoms with van der Waals surface area (Å²) in [5, 5.41) is 7.92. The zero-order chi connectivity index (χ0) is 13.8. The molecule has 0 fully saturated rings. The van der Waals surface area contributed by atoms with Gasteiger partial charge in [-0.25, -0.2) is 14.2 Å². The van der Waals surface area contributed by atoms with Gasteiger partial charge < -0.3 is 10.6 Å². The molecule has 2 rings (SSSR count). The monoisotopic (exact) mass is 299 g/mol. The Morgan fingerprint density at radius 2 is 2.32 bits per heavy atom. The predicted octanol–water partition coefficient (Wildman–Crippen LogP) is 3.57. The minimum Gasteiger partial charge on any atom is -0.331 e. The summed E-state index contributed by atoms with van der Waals surface area (Å²) in [5.41, 5.74) is 1.35. The van der Waals surface area contributed by atoms with E-state index in [2.05, 4.69) is 15.6 Å². The van der Waals surface area contributed by atoms with Crippen LogP contribution in [0.25, 0.3) is 0 Å². The Kier molecular flexibility index (Phi) is 4.34. The molecular weight excluding hydrogens is 289 g/mol. The summed E-state index contributed by atoms with van der Waals surface area (Å²) in [6, 6.07) is 3.59. The molecule has 2 N–H and O–H groups in total. The third-order valence-corrected chi connectivity index (χ3v) is 3.50. The molecule has 2 aromatic rings. The van der Waals surface area contributed by atoms with Crippen molar-refractivity contribution in [1.29, 1.82) is 0 Å². The number of benzene rings is 1. The highest BCUT2D eigenvalue weighted by Gasteiger charge is 2.06. The number of hydrogen-bond acceptors (Lipinski definition) is 3. The lowest BCUT2D eigenvalue weighted by atomic mass is 10.3. The number of carbonyl (C=O) groups is 1. The summed E-state index contributed by atoms with van der Waals surface area (Å²) in [6.45, 7) is 2.24. The highest BCUT2D eigenvalue weighted by Crippen LogP contribution is 2.19. The van der Waals surface area contributed by atoms with Gasteiger partial charge in [-0.1, -0.05) is 11.6 Å². The smallest absolute Gasteiger partial charge is 0.319 e. The van der Waals surface area contributed by atoms with Gasteiger partial charge >= 0.3 is 6.03 Å². The lowest BCUT2D eigenvalue weighted by molar-refractivity contribution is 0.251. The van der Waals surface area contributed by atoms with Crippen LogP contribution in [0.1, 0.15) is 10.7 Å². The van der Waals surface area contributed by atoms with E-state index in [4.69, 9.17) is 11.6 Å². The number of amides is 2. The number of thiazole rings is 1. The maximum absolute atomic E-state index is 12.9. The number of halogens is 2. The Labute approximate surface area is 118 Å². The van der Waals surface area contributed by atoms with Crippen molar-refractivity contribution in [1.82, 2.24) is 10.3 Å². The van der Waals surface area contributed by atoms with Crippen molar-refractivity contribution in [2.75, 3.05) is 5.32 Å². The van der Waals surface area contributed by atoms with Crippen molar-refractivity contribution in [2.24, 2.45) is 0 Å². The van der Waals surface area contributed by atoms with Crippen LogP contribution < -0.4 is 10.6 Å².